The second kappa shape index (κ2) is 10.3. The second-order valence-electron chi connectivity index (χ2n) is 7.10. The molecule has 2 heterocycles. The first-order valence-corrected chi connectivity index (χ1v) is 11.0. The van der Waals surface area contributed by atoms with Crippen LogP contribution in [0.25, 0.3) is 0 Å². The zero-order valence-corrected chi connectivity index (χ0v) is 18.1. The van der Waals surface area contributed by atoms with Gasteiger partial charge in [-0.1, -0.05) is 42.1 Å². The van der Waals surface area contributed by atoms with Crippen LogP contribution in [0, 0.1) is 18.3 Å². The van der Waals surface area contributed by atoms with Gasteiger partial charge in [-0.15, -0.1) is 0 Å². The molecule has 1 aromatic carbocycles. The quantitative estimate of drug-likeness (QED) is 0.509. The first-order valence-electron chi connectivity index (χ1n) is 10.1. The lowest BCUT2D eigenvalue weighted by Gasteiger charge is -2.30. The fourth-order valence-electron chi connectivity index (χ4n) is 3.45. The number of rotatable bonds is 6. The molecular weight excluding hydrogens is 398 g/mol. The number of hydrogen-bond acceptors (Lipinski definition) is 6. The molecule has 0 bridgehead atoms. The molecule has 3 rings (SSSR count). The Morgan fingerprint density at radius 1 is 1.23 bits per heavy atom. The van der Waals surface area contributed by atoms with Gasteiger partial charge in [0.1, 0.15) is 16.3 Å². The maximum Gasteiger partial charge on any atom is 0.340 e. The van der Waals surface area contributed by atoms with Gasteiger partial charge in [0.2, 0.25) is 5.91 Å². The molecule has 0 spiro atoms. The van der Waals surface area contributed by atoms with Crippen LogP contribution in [0.2, 0.25) is 0 Å². The molecular formula is C23H25N3O3S. The highest BCUT2D eigenvalue weighted by atomic mass is 32.2. The van der Waals surface area contributed by atoms with E-state index in [1.807, 2.05) is 35.2 Å². The highest BCUT2D eigenvalue weighted by Gasteiger charge is 2.30. The maximum absolute atomic E-state index is 13.4. The van der Waals surface area contributed by atoms with Crippen LogP contribution in [0.4, 0.5) is 0 Å². The molecule has 1 amide bonds. The number of likely N-dealkylation sites (tertiary alicyclic amines) is 1. The average molecular weight is 424 g/mol. The summed E-state index contributed by atoms with van der Waals surface area (Å²) in [5.41, 5.74) is 1.89. The molecule has 0 saturated carbocycles. The summed E-state index contributed by atoms with van der Waals surface area (Å²) < 4.78 is 5.06. The van der Waals surface area contributed by atoms with E-state index >= 15 is 0 Å². The van der Waals surface area contributed by atoms with Gasteiger partial charge in [0.25, 0.3) is 0 Å². The van der Waals surface area contributed by atoms with Crippen LogP contribution in [-0.2, 0) is 9.53 Å². The molecule has 7 heteroatoms. The summed E-state index contributed by atoms with van der Waals surface area (Å²) >= 11 is 1.27. The number of nitriles is 1. The van der Waals surface area contributed by atoms with Crippen LogP contribution in [0.3, 0.4) is 0 Å². The molecule has 6 nitrogen and oxygen atoms in total. The average Bonchev–Trinajstić information content (AvgIpc) is 2.78. The summed E-state index contributed by atoms with van der Waals surface area (Å²) in [6.45, 7) is 5.19. The highest BCUT2D eigenvalue weighted by Crippen LogP contribution is 2.38. The van der Waals surface area contributed by atoms with E-state index in [-0.39, 0.29) is 23.6 Å². The van der Waals surface area contributed by atoms with Gasteiger partial charge in [-0.2, -0.15) is 5.26 Å². The Morgan fingerprint density at radius 3 is 2.57 bits per heavy atom. The number of hydrogen-bond donors (Lipinski definition) is 0. The number of carbonyl (C=O) groups excluding carboxylic acids is 2. The van der Waals surface area contributed by atoms with Gasteiger partial charge < -0.3 is 9.64 Å². The SMILES string of the molecule is CCOC(=O)c1cc(C#N)c(S[C@@H](C(=O)N2CCCCC2)c2ccccc2)nc1C. The Morgan fingerprint density at radius 2 is 1.93 bits per heavy atom. The molecule has 1 saturated heterocycles. The smallest absolute Gasteiger partial charge is 0.340 e. The number of amides is 1. The van der Waals surface area contributed by atoms with Gasteiger partial charge in [-0.3, -0.25) is 4.79 Å². The lowest BCUT2D eigenvalue weighted by molar-refractivity contribution is -0.131. The van der Waals surface area contributed by atoms with E-state index in [1.54, 1.807) is 13.8 Å². The number of piperidine rings is 1. The number of esters is 1. The molecule has 1 aliphatic rings. The number of aromatic nitrogens is 1. The Bertz CT molecular complexity index is 950. The van der Waals surface area contributed by atoms with E-state index in [0.717, 1.165) is 37.9 Å². The van der Waals surface area contributed by atoms with Crippen LogP contribution in [0.5, 0.6) is 0 Å². The molecule has 0 unspecified atom stereocenters. The standard InChI is InChI=1S/C23H25N3O3S/c1-3-29-23(28)19-14-18(15-24)21(25-16(19)2)30-20(17-10-6-4-7-11-17)22(27)26-12-8-5-9-13-26/h4,6-7,10-11,14,20H,3,5,8-9,12-13H2,1-2H3/t20-/m1/s1. The number of nitrogens with zero attached hydrogens (tertiary/aromatic N) is 3. The zero-order valence-electron chi connectivity index (χ0n) is 17.3. The summed E-state index contributed by atoms with van der Waals surface area (Å²) in [6, 6.07) is 13.2. The van der Waals surface area contributed by atoms with Crippen LogP contribution in [0.1, 0.15) is 58.6 Å². The fourth-order valence-corrected chi connectivity index (χ4v) is 4.64. The molecule has 2 aromatic rings. The van der Waals surface area contributed by atoms with E-state index in [2.05, 4.69) is 11.1 Å². The molecule has 1 atom stereocenters. The van der Waals surface area contributed by atoms with Crippen LogP contribution < -0.4 is 0 Å². The predicted octanol–water partition coefficient (Wildman–Crippen LogP) is 4.28. The van der Waals surface area contributed by atoms with E-state index in [4.69, 9.17) is 4.74 Å². The number of thioether (sulfide) groups is 1. The van der Waals surface area contributed by atoms with E-state index in [0.29, 0.717) is 10.7 Å². The maximum atomic E-state index is 13.4. The Hall–Kier alpha value is -2.85. The van der Waals surface area contributed by atoms with Gasteiger partial charge in [-0.25, -0.2) is 9.78 Å². The Labute approximate surface area is 181 Å². The second-order valence-corrected chi connectivity index (χ2v) is 8.19. The first kappa shape index (κ1) is 21.8. The minimum atomic E-state index is -0.503. The van der Waals surface area contributed by atoms with Gasteiger partial charge >= 0.3 is 5.97 Å². The van der Waals surface area contributed by atoms with Crippen molar-refractivity contribution >= 4 is 23.6 Å². The summed E-state index contributed by atoms with van der Waals surface area (Å²) in [4.78, 5) is 31.9. The monoisotopic (exact) mass is 423 g/mol. The Balaban J connectivity index is 1.96. The van der Waals surface area contributed by atoms with Crippen molar-refractivity contribution in [2.45, 2.75) is 43.4 Å². The van der Waals surface area contributed by atoms with Gasteiger partial charge in [-0.05, 0) is 44.7 Å². The van der Waals surface area contributed by atoms with Crippen LogP contribution >= 0.6 is 11.8 Å². The number of aryl methyl sites for hydroxylation is 1. The third-order valence-corrected chi connectivity index (χ3v) is 6.26. The van der Waals surface area contributed by atoms with Crippen molar-refractivity contribution in [1.82, 2.24) is 9.88 Å². The largest absolute Gasteiger partial charge is 0.462 e. The zero-order chi connectivity index (χ0) is 21.5. The van der Waals surface area contributed by atoms with Crippen molar-refractivity contribution in [3.8, 4) is 6.07 Å². The van der Waals surface area contributed by atoms with Crippen LogP contribution in [-0.4, -0.2) is 41.5 Å². The minimum Gasteiger partial charge on any atom is -0.462 e. The molecule has 156 valence electrons. The van der Waals surface area contributed by atoms with Crippen LogP contribution in [0.15, 0.2) is 41.4 Å². The molecule has 0 N–H and O–H groups in total. The van der Waals surface area contributed by atoms with Crippen molar-refractivity contribution in [1.29, 1.82) is 5.26 Å². The number of benzene rings is 1. The van der Waals surface area contributed by atoms with Crippen molar-refractivity contribution in [3.63, 3.8) is 0 Å². The number of pyridine rings is 1. The lowest BCUT2D eigenvalue weighted by atomic mass is 10.1. The summed E-state index contributed by atoms with van der Waals surface area (Å²) in [5.74, 6) is -0.469. The first-order chi connectivity index (χ1) is 14.5. The third kappa shape index (κ3) is 5.00. The number of ether oxygens (including phenoxy) is 1. The molecule has 30 heavy (non-hydrogen) atoms. The molecule has 1 aliphatic heterocycles. The topological polar surface area (TPSA) is 83.3 Å². The highest BCUT2D eigenvalue weighted by molar-refractivity contribution is 8.00. The third-order valence-electron chi connectivity index (χ3n) is 5.02. The van der Waals surface area contributed by atoms with Crippen molar-refractivity contribution < 1.29 is 14.3 Å². The van der Waals surface area contributed by atoms with E-state index in [1.165, 1.54) is 17.8 Å². The number of carbonyl (C=O) groups is 2. The molecule has 0 aliphatic carbocycles. The normalized spacial score (nSPS) is 14.6. The lowest BCUT2D eigenvalue weighted by Crippen LogP contribution is -2.38. The minimum absolute atomic E-state index is 0.0312. The van der Waals surface area contributed by atoms with E-state index in [9.17, 15) is 14.9 Å². The summed E-state index contributed by atoms with van der Waals surface area (Å²) in [5, 5.41) is 9.61. The van der Waals surface area contributed by atoms with Gasteiger partial charge in [0, 0.05) is 13.1 Å². The predicted molar refractivity (Wildman–Crippen MR) is 115 cm³/mol. The molecule has 0 radical (unpaired) electrons. The molecule has 1 aromatic heterocycles. The summed E-state index contributed by atoms with van der Waals surface area (Å²) in [7, 11) is 0. The van der Waals surface area contributed by atoms with Gasteiger partial charge in [0.15, 0.2) is 0 Å². The Kier molecular flexibility index (Phi) is 7.47. The van der Waals surface area contributed by atoms with Crippen molar-refractivity contribution in [2.75, 3.05) is 19.7 Å². The van der Waals surface area contributed by atoms with Gasteiger partial charge in [0.05, 0.1) is 23.4 Å². The fraction of sp³-hybridized carbons (Fsp3) is 0.391. The molecule has 1 fully saturated rings. The van der Waals surface area contributed by atoms with Crippen molar-refractivity contribution in [3.05, 3.63) is 58.8 Å². The van der Waals surface area contributed by atoms with E-state index < -0.39 is 11.2 Å². The summed E-state index contributed by atoms with van der Waals surface area (Å²) in [6.07, 6.45) is 3.15. The van der Waals surface area contributed by atoms with Crippen molar-refractivity contribution in [2.24, 2.45) is 0 Å².